The van der Waals surface area contributed by atoms with E-state index in [4.69, 9.17) is 11.6 Å². The van der Waals surface area contributed by atoms with Crippen LogP contribution < -0.4 is 10.7 Å². The SMILES string of the molecule is CCCC(C)(C)C(NC(=O)c1cn(-c2c(F)cc(F)cc2F)c2nc(Cl)c(F)cc2c1=O)C(F)(F)C(F)(F)F. The van der Waals surface area contributed by atoms with Crippen LogP contribution in [0.5, 0.6) is 0 Å². The molecule has 0 fully saturated rings. The number of pyridine rings is 2. The maximum atomic E-state index is 14.6. The molecular formula is C24H19ClF9N3O2. The lowest BCUT2D eigenvalue weighted by atomic mass is 9.77. The fraction of sp³-hybridized carbons (Fsp3) is 0.375. The van der Waals surface area contributed by atoms with Crippen molar-refractivity contribution in [2.75, 3.05) is 0 Å². The molecule has 0 spiro atoms. The van der Waals surface area contributed by atoms with Crippen molar-refractivity contribution in [1.29, 1.82) is 0 Å². The summed E-state index contributed by atoms with van der Waals surface area (Å²) in [6, 6.07) is -2.02. The van der Waals surface area contributed by atoms with Gasteiger partial charge in [0.25, 0.3) is 5.91 Å². The highest BCUT2D eigenvalue weighted by atomic mass is 35.5. The zero-order valence-corrected chi connectivity index (χ0v) is 21.0. The number of nitrogens with zero attached hydrogens (tertiary/aromatic N) is 2. The molecule has 0 radical (unpaired) electrons. The van der Waals surface area contributed by atoms with Gasteiger partial charge in [0.1, 0.15) is 23.1 Å². The molecule has 0 aliphatic rings. The zero-order valence-electron chi connectivity index (χ0n) is 20.3. The van der Waals surface area contributed by atoms with E-state index in [0.29, 0.717) is 16.8 Å². The van der Waals surface area contributed by atoms with Crippen LogP contribution in [0.1, 0.15) is 44.0 Å². The third kappa shape index (κ3) is 5.56. The van der Waals surface area contributed by atoms with Crippen molar-refractivity contribution in [3.05, 3.63) is 68.6 Å². The minimum Gasteiger partial charge on any atom is -0.342 e. The molecule has 1 aromatic carbocycles. The summed E-state index contributed by atoms with van der Waals surface area (Å²) in [5.41, 5.74) is -6.35. The number of fused-ring (bicyclic) bond motifs is 1. The van der Waals surface area contributed by atoms with Gasteiger partial charge in [0.05, 0.1) is 5.39 Å². The molecule has 15 heteroatoms. The minimum atomic E-state index is -6.11. The predicted molar refractivity (Wildman–Crippen MR) is 123 cm³/mol. The molecule has 1 N–H and O–H groups in total. The Morgan fingerprint density at radius 1 is 1.03 bits per heavy atom. The molecule has 39 heavy (non-hydrogen) atoms. The van der Waals surface area contributed by atoms with Crippen molar-refractivity contribution in [1.82, 2.24) is 14.9 Å². The molecule has 2 heterocycles. The van der Waals surface area contributed by atoms with E-state index >= 15 is 0 Å². The number of hydrogen-bond acceptors (Lipinski definition) is 3. The van der Waals surface area contributed by atoms with Gasteiger partial charge in [-0.2, -0.15) is 22.0 Å². The van der Waals surface area contributed by atoms with Crippen LogP contribution in [0.15, 0.2) is 29.2 Å². The molecule has 0 saturated heterocycles. The maximum Gasteiger partial charge on any atom is 0.455 e. The summed E-state index contributed by atoms with van der Waals surface area (Å²) >= 11 is 5.63. The van der Waals surface area contributed by atoms with Gasteiger partial charge in [0.15, 0.2) is 28.3 Å². The number of benzene rings is 1. The van der Waals surface area contributed by atoms with Gasteiger partial charge in [0, 0.05) is 18.3 Å². The summed E-state index contributed by atoms with van der Waals surface area (Å²) in [6.07, 6.45) is -5.78. The van der Waals surface area contributed by atoms with Gasteiger partial charge in [-0.3, -0.25) is 14.2 Å². The summed E-state index contributed by atoms with van der Waals surface area (Å²) in [7, 11) is 0. The first-order valence-corrected chi connectivity index (χ1v) is 11.5. The third-order valence-electron chi connectivity index (χ3n) is 6.05. The van der Waals surface area contributed by atoms with Crippen LogP contribution in [0.25, 0.3) is 16.7 Å². The van der Waals surface area contributed by atoms with E-state index in [1.54, 1.807) is 5.32 Å². The monoisotopic (exact) mass is 587 g/mol. The maximum absolute atomic E-state index is 14.6. The highest BCUT2D eigenvalue weighted by Crippen LogP contribution is 2.45. The van der Waals surface area contributed by atoms with Gasteiger partial charge in [-0.05, 0) is 17.9 Å². The number of hydrogen-bond donors (Lipinski definition) is 1. The van der Waals surface area contributed by atoms with Gasteiger partial charge in [0.2, 0.25) is 5.43 Å². The topological polar surface area (TPSA) is 64.0 Å². The number of carbonyl (C=O) groups excluding carboxylic acids is 1. The van der Waals surface area contributed by atoms with Gasteiger partial charge < -0.3 is 5.32 Å². The molecule has 3 rings (SSSR count). The quantitative estimate of drug-likeness (QED) is 0.247. The van der Waals surface area contributed by atoms with Gasteiger partial charge in [-0.1, -0.05) is 38.8 Å². The smallest absolute Gasteiger partial charge is 0.342 e. The summed E-state index contributed by atoms with van der Waals surface area (Å²) < 4.78 is 127. The first-order valence-electron chi connectivity index (χ1n) is 11.1. The second kappa shape index (κ2) is 10.4. The molecule has 0 aliphatic heterocycles. The molecule has 2 aromatic heterocycles. The van der Waals surface area contributed by atoms with Crippen molar-refractivity contribution in [2.45, 2.75) is 51.8 Å². The van der Waals surface area contributed by atoms with Crippen molar-refractivity contribution >= 4 is 28.5 Å². The molecule has 0 bridgehead atoms. The average Bonchev–Trinajstić information content (AvgIpc) is 2.78. The van der Waals surface area contributed by atoms with E-state index in [0.717, 1.165) is 13.8 Å². The number of nitrogens with one attached hydrogen (secondary N) is 1. The fourth-order valence-corrected chi connectivity index (χ4v) is 4.37. The second-order valence-corrected chi connectivity index (χ2v) is 9.72. The van der Waals surface area contributed by atoms with Crippen molar-refractivity contribution in [3.8, 4) is 5.69 Å². The van der Waals surface area contributed by atoms with Crippen LogP contribution in [0.4, 0.5) is 39.5 Å². The Bertz CT molecular complexity index is 1480. The van der Waals surface area contributed by atoms with Crippen LogP contribution in [0.2, 0.25) is 5.15 Å². The number of amides is 1. The van der Waals surface area contributed by atoms with E-state index in [-0.39, 0.29) is 25.0 Å². The summed E-state index contributed by atoms with van der Waals surface area (Å²) in [5.74, 6) is -13.1. The van der Waals surface area contributed by atoms with Gasteiger partial charge in [-0.15, -0.1) is 0 Å². The van der Waals surface area contributed by atoms with Crippen LogP contribution in [-0.4, -0.2) is 33.6 Å². The van der Waals surface area contributed by atoms with Gasteiger partial charge in [-0.25, -0.2) is 22.5 Å². The molecular weight excluding hydrogens is 569 g/mol. The molecule has 3 aromatic rings. The summed E-state index contributed by atoms with van der Waals surface area (Å²) in [6.45, 7) is 3.60. The predicted octanol–water partition coefficient (Wildman–Crippen LogP) is 6.72. The molecule has 1 unspecified atom stereocenters. The normalized spacial score (nSPS) is 13.6. The average molecular weight is 588 g/mol. The van der Waals surface area contributed by atoms with Crippen LogP contribution in [0.3, 0.4) is 0 Å². The van der Waals surface area contributed by atoms with Crippen LogP contribution >= 0.6 is 11.6 Å². The lowest BCUT2D eigenvalue weighted by molar-refractivity contribution is -0.301. The number of aromatic nitrogens is 2. The molecule has 1 amide bonds. The number of alkyl halides is 5. The lowest BCUT2D eigenvalue weighted by Crippen LogP contribution is -2.61. The third-order valence-corrected chi connectivity index (χ3v) is 6.31. The van der Waals surface area contributed by atoms with Crippen molar-refractivity contribution in [2.24, 2.45) is 5.41 Å². The molecule has 5 nitrogen and oxygen atoms in total. The molecule has 0 saturated carbocycles. The molecule has 0 aliphatic carbocycles. The second-order valence-electron chi connectivity index (χ2n) is 9.36. The van der Waals surface area contributed by atoms with E-state index in [1.165, 1.54) is 6.92 Å². The van der Waals surface area contributed by atoms with E-state index < -0.39 is 85.6 Å². The molecule has 1 atom stereocenters. The Morgan fingerprint density at radius 2 is 1.59 bits per heavy atom. The first kappa shape index (κ1) is 30.3. The van der Waals surface area contributed by atoms with Gasteiger partial charge >= 0.3 is 12.1 Å². The van der Waals surface area contributed by atoms with Crippen molar-refractivity contribution in [3.63, 3.8) is 0 Å². The Kier molecular flexibility index (Phi) is 8.03. The van der Waals surface area contributed by atoms with Crippen molar-refractivity contribution < 1.29 is 44.3 Å². The Labute approximate surface area is 219 Å². The van der Waals surface area contributed by atoms with E-state index in [9.17, 15) is 49.1 Å². The minimum absolute atomic E-state index is 0.144. The van der Waals surface area contributed by atoms with Crippen LogP contribution in [-0.2, 0) is 0 Å². The van der Waals surface area contributed by atoms with E-state index in [2.05, 4.69) is 4.98 Å². The fourth-order valence-electron chi connectivity index (χ4n) is 4.24. The number of halogens is 10. The lowest BCUT2D eigenvalue weighted by Gasteiger charge is -2.40. The van der Waals surface area contributed by atoms with Crippen LogP contribution in [0, 0.1) is 28.7 Å². The summed E-state index contributed by atoms with van der Waals surface area (Å²) in [5, 5.41) is -0.163. The zero-order chi connectivity index (χ0) is 29.7. The summed E-state index contributed by atoms with van der Waals surface area (Å²) in [4.78, 5) is 29.7. The standard InChI is InChI=1S/C24H19ClF9N3O2/c1-4-5-22(2,3)21(23(30,31)24(32,33)34)36-20(39)12-9-37(16-13(27)6-10(26)7-14(16)28)19-11(17(12)38)8-15(29)18(25)35-19/h6-9,21H,4-5H2,1-3H3,(H,36,39). The molecule has 212 valence electrons. The first-order chi connectivity index (χ1) is 17.8. The number of carbonyl (C=O) groups is 1. The Morgan fingerprint density at radius 3 is 2.10 bits per heavy atom. The van der Waals surface area contributed by atoms with E-state index in [1.807, 2.05) is 0 Å². The Balaban J connectivity index is 2.32. The highest BCUT2D eigenvalue weighted by molar-refractivity contribution is 6.29. The highest BCUT2D eigenvalue weighted by Gasteiger charge is 2.66. The largest absolute Gasteiger partial charge is 0.455 e. The Hall–Kier alpha value is -3.29. The number of rotatable bonds is 7.